The van der Waals surface area contributed by atoms with Crippen molar-refractivity contribution in [2.45, 2.75) is 5.37 Å². The van der Waals surface area contributed by atoms with Gasteiger partial charge >= 0.3 is 0 Å². The Morgan fingerprint density at radius 3 is 2.54 bits per heavy atom. The summed E-state index contributed by atoms with van der Waals surface area (Å²) in [4.78, 5) is 11.0. The monoisotopic (exact) mass is 192 g/mol. The third kappa shape index (κ3) is 1.58. The van der Waals surface area contributed by atoms with Gasteiger partial charge < -0.3 is 5.32 Å². The molecule has 1 aromatic carbocycles. The van der Waals surface area contributed by atoms with Crippen LogP contribution in [0.3, 0.4) is 0 Å². The molecule has 13 heavy (non-hydrogen) atoms. The Morgan fingerprint density at radius 1 is 1.31 bits per heavy atom. The minimum Gasteiger partial charge on any atom is -0.334 e. The van der Waals surface area contributed by atoms with E-state index in [1.165, 1.54) is 11.8 Å². The van der Waals surface area contributed by atoms with Crippen LogP contribution in [0.2, 0.25) is 0 Å². The number of carbonyl (C=O) groups is 1. The number of benzene rings is 1. The number of rotatable bonds is 1. The Bertz CT molecular complexity index is 334. The van der Waals surface area contributed by atoms with E-state index < -0.39 is 0 Å². The summed E-state index contributed by atoms with van der Waals surface area (Å²) in [6, 6.07) is 9.65. The van der Waals surface area contributed by atoms with Crippen molar-refractivity contribution >= 4 is 22.7 Å². The van der Waals surface area contributed by atoms with Crippen LogP contribution < -0.4 is 5.32 Å². The average molecular weight is 192 g/mol. The molecule has 4 heteroatoms. The largest absolute Gasteiger partial charge is 0.334 e. The van der Waals surface area contributed by atoms with Crippen LogP contribution in [0.25, 0.3) is 0 Å². The molecule has 0 saturated carbocycles. The second kappa shape index (κ2) is 3.22. The molecule has 1 aliphatic rings. The molecule has 1 fully saturated rings. The molecule has 1 amide bonds. The van der Waals surface area contributed by atoms with Crippen molar-refractivity contribution in [3.63, 3.8) is 0 Å². The van der Waals surface area contributed by atoms with Crippen LogP contribution >= 0.6 is 11.8 Å². The van der Waals surface area contributed by atoms with Crippen molar-refractivity contribution < 1.29 is 4.79 Å². The van der Waals surface area contributed by atoms with E-state index >= 15 is 0 Å². The maximum atomic E-state index is 11.0. The SMILES string of the molecule is N=C1SC(c2ccccc2)NC1=O. The van der Waals surface area contributed by atoms with Crippen molar-refractivity contribution in [1.82, 2.24) is 5.32 Å². The van der Waals surface area contributed by atoms with Gasteiger partial charge in [0, 0.05) is 0 Å². The van der Waals surface area contributed by atoms with Gasteiger partial charge in [0.2, 0.25) is 0 Å². The van der Waals surface area contributed by atoms with Gasteiger partial charge in [-0.05, 0) is 5.56 Å². The number of amides is 1. The molecule has 3 nitrogen and oxygen atoms in total. The van der Waals surface area contributed by atoms with Gasteiger partial charge in [-0.2, -0.15) is 0 Å². The summed E-state index contributed by atoms with van der Waals surface area (Å²) in [5.74, 6) is -0.279. The fourth-order valence-corrected chi connectivity index (χ4v) is 2.03. The minimum atomic E-state index is -0.279. The molecule has 0 radical (unpaired) electrons. The standard InChI is InChI=1S/C9H8N2OS/c10-7-8(12)11-9(13-7)6-4-2-1-3-5-6/h1-5,9-10H,(H,11,12). The first-order chi connectivity index (χ1) is 6.27. The summed E-state index contributed by atoms with van der Waals surface area (Å²) in [6.45, 7) is 0. The lowest BCUT2D eigenvalue weighted by molar-refractivity contribution is -0.114. The maximum absolute atomic E-state index is 11.0. The van der Waals surface area contributed by atoms with Crippen LogP contribution in [0.5, 0.6) is 0 Å². The topological polar surface area (TPSA) is 53.0 Å². The second-order valence-corrected chi connectivity index (χ2v) is 3.83. The van der Waals surface area contributed by atoms with E-state index in [4.69, 9.17) is 5.41 Å². The zero-order valence-electron chi connectivity index (χ0n) is 6.78. The molecule has 0 spiro atoms. The van der Waals surface area contributed by atoms with E-state index in [2.05, 4.69) is 5.32 Å². The quantitative estimate of drug-likeness (QED) is 0.709. The summed E-state index contributed by atoms with van der Waals surface area (Å²) in [7, 11) is 0. The highest BCUT2D eigenvalue weighted by atomic mass is 32.2. The fraction of sp³-hybridized carbons (Fsp3) is 0.111. The Morgan fingerprint density at radius 2 is 2.00 bits per heavy atom. The van der Waals surface area contributed by atoms with E-state index in [9.17, 15) is 4.79 Å². The van der Waals surface area contributed by atoms with Gasteiger partial charge in [-0.3, -0.25) is 10.2 Å². The average Bonchev–Trinajstić information content (AvgIpc) is 2.49. The van der Waals surface area contributed by atoms with Crippen molar-refractivity contribution in [2.24, 2.45) is 0 Å². The highest BCUT2D eigenvalue weighted by molar-refractivity contribution is 8.16. The van der Waals surface area contributed by atoms with E-state index in [0.717, 1.165) is 5.56 Å². The molecule has 1 aliphatic heterocycles. The number of hydrogen-bond acceptors (Lipinski definition) is 3. The second-order valence-electron chi connectivity index (χ2n) is 2.71. The summed E-state index contributed by atoms with van der Waals surface area (Å²) < 4.78 is 0. The van der Waals surface area contributed by atoms with Gasteiger partial charge in [-0.1, -0.05) is 42.1 Å². The summed E-state index contributed by atoms with van der Waals surface area (Å²) >= 11 is 1.25. The van der Waals surface area contributed by atoms with Crippen molar-refractivity contribution in [3.8, 4) is 0 Å². The molecule has 2 rings (SSSR count). The van der Waals surface area contributed by atoms with Gasteiger partial charge in [0.15, 0.2) is 5.04 Å². The Kier molecular flexibility index (Phi) is 2.06. The molecule has 1 saturated heterocycles. The summed E-state index contributed by atoms with van der Waals surface area (Å²) in [5, 5.41) is 10.0. The lowest BCUT2D eigenvalue weighted by Crippen LogP contribution is -2.20. The molecule has 1 heterocycles. The van der Waals surface area contributed by atoms with Crippen LogP contribution in [0.15, 0.2) is 30.3 Å². The van der Waals surface area contributed by atoms with Crippen molar-refractivity contribution in [3.05, 3.63) is 35.9 Å². The zero-order valence-corrected chi connectivity index (χ0v) is 7.60. The van der Waals surface area contributed by atoms with Crippen LogP contribution in [0, 0.1) is 5.41 Å². The molecule has 0 aromatic heterocycles. The predicted molar refractivity (Wildman–Crippen MR) is 52.6 cm³/mol. The molecule has 1 unspecified atom stereocenters. The molecule has 2 N–H and O–H groups in total. The first kappa shape index (κ1) is 8.31. The molecular weight excluding hydrogens is 184 g/mol. The van der Waals surface area contributed by atoms with Crippen LogP contribution in [-0.4, -0.2) is 11.0 Å². The van der Waals surface area contributed by atoms with Gasteiger partial charge in [0.1, 0.15) is 5.37 Å². The number of hydrogen-bond donors (Lipinski definition) is 2. The third-order valence-electron chi connectivity index (χ3n) is 1.81. The van der Waals surface area contributed by atoms with E-state index in [1.54, 1.807) is 0 Å². The molecule has 0 bridgehead atoms. The third-order valence-corrected chi connectivity index (χ3v) is 2.85. The Hall–Kier alpha value is -1.29. The smallest absolute Gasteiger partial charge is 0.277 e. The van der Waals surface area contributed by atoms with Gasteiger partial charge in [-0.25, -0.2) is 0 Å². The normalized spacial score (nSPS) is 21.7. The predicted octanol–water partition coefficient (Wildman–Crippen LogP) is 1.53. The van der Waals surface area contributed by atoms with Gasteiger partial charge in [0.05, 0.1) is 0 Å². The number of nitrogens with one attached hydrogen (secondary N) is 2. The summed E-state index contributed by atoms with van der Waals surface area (Å²) in [5.41, 5.74) is 1.03. The molecule has 66 valence electrons. The molecule has 1 aromatic rings. The van der Waals surface area contributed by atoms with Crippen LogP contribution in [-0.2, 0) is 4.79 Å². The lowest BCUT2D eigenvalue weighted by atomic mass is 10.2. The molecule has 0 aliphatic carbocycles. The Labute approximate surface area is 80.0 Å². The number of carbonyl (C=O) groups excluding carboxylic acids is 1. The Balaban J connectivity index is 2.21. The lowest BCUT2D eigenvalue weighted by Gasteiger charge is -2.07. The van der Waals surface area contributed by atoms with Gasteiger partial charge in [-0.15, -0.1) is 0 Å². The van der Waals surface area contributed by atoms with Crippen LogP contribution in [0.4, 0.5) is 0 Å². The van der Waals surface area contributed by atoms with E-state index in [1.807, 2.05) is 30.3 Å². The van der Waals surface area contributed by atoms with Crippen LogP contribution in [0.1, 0.15) is 10.9 Å². The van der Waals surface area contributed by atoms with E-state index in [0.29, 0.717) is 0 Å². The fourth-order valence-electron chi connectivity index (χ4n) is 1.16. The first-order valence-corrected chi connectivity index (χ1v) is 4.76. The first-order valence-electron chi connectivity index (χ1n) is 3.88. The zero-order chi connectivity index (χ0) is 9.26. The van der Waals surface area contributed by atoms with E-state index in [-0.39, 0.29) is 16.3 Å². The highest BCUT2D eigenvalue weighted by Gasteiger charge is 2.28. The van der Waals surface area contributed by atoms with Crippen molar-refractivity contribution in [2.75, 3.05) is 0 Å². The molecular formula is C9H8N2OS. The molecule has 1 atom stereocenters. The highest BCUT2D eigenvalue weighted by Crippen LogP contribution is 2.31. The number of thioether (sulfide) groups is 1. The minimum absolute atomic E-state index is 0.0822. The van der Waals surface area contributed by atoms with Gasteiger partial charge in [0.25, 0.3) is 5.91 Å². The van der Waals surface area contributed by atoms with Crippen molar-refractivity contribution in [1.29, 1.82) is 5.41 Å². The summed E-state index contributed by atoms with van der Waals surface area (Å²) in [6.07, 6.45) is 0. The maximum Gasteiger partial charge on any atom is 0.277 e.